The van der Waals surface area contributed by atoms with E-state index in [1.165, 1.54) is 26.4 Å². The number of aliphatic hydroxyl groups excluding tert-OH is 1. The standard InChI is InChI=1S/C10H13FO3/c1-13-9-6-8(11)10(14-2)5-7(9)3-4-12/h5-6,12H,3-4H2,1-2H3. The second-order valence-corrected chi connectivity index (χ2v) is 2.77. The van der Waals surface area contributed by atoms with E-state index in [4.69, 9.17) is 14.6 Å². The molecule has 0 unspecified atom stereocenters. The van der Waals surface area contributed by atoms with E-state index in [9.17, 15) is 4.39 Å². The van der Waals surface area contributed by atoms with Crippen molar-refractivity contribution in [2.75, 3.05) is 20.8 Å². The molecule has 1 aromatic rings. The summed E-state index contributed by atoms with van der Waals surface area (Å²) in [6, 6.07) is 2.79. The van der Waals surface area contributed by atoms with Crippen LogP contribution in [0.5, 0.6) is 11.5 Å². The van der Waals surface area contributed by atoms with Crippen LogP contribution in [-0.4, -0.2) is 25.9 Å². The minimum atomic E-state index is -0.467. The molecule has 14 heavy (non-hydrogen) atoms. The van der Waals surface area contributed by atoms with Gasteiger partial charge in [-0.2, -0.15) is 0 Å². The Kier molecular flexibility index (Phi) is 3.71. The van der Waals surface area contributed by atoms with E-state index in [1.54, 1.807) is 0 Å². The molecule has 0 saturated heterocycles. The average molecular weight is 200 g/mol. The SMILES string of the molecule is COc1cc(CCO)c(OC)cc1F. The first-order valence-electron chi connectivity index (χ1n) is 4.24. The molecule has 0 fully saturated rings. The van der Waals surface area contributed by atoms with E-state index in [0.29, 0.717) is 12.2 Å². The molecule has 0 spiro atoms. The summed E-state index contributed by atoms with van der Waals surface area (Å²) in [6.07, 6.45) is 0.416. The van der Waals surface area contributed by atoms with Crippen LogP contribution in [0.4, 0.5) is 4.39 Å². The summed E-state index contributed by atoms with van der Waals surface area (Å²) in [4.78, 5) is 0. The van der Waals surface area contributed by atoms with Crippen LogP contribution in [0.1, 0.15) is 5.56 Å². The van der Waals surface area contributed by atoms with Crippen molar-refractivity contribution in [1.82, 2.24) is 0 Å². The van der Waals surface area contributed by atoms with E-state index >= 15 is 0 Å². The zero-order valence-corrected chi connectivity index (χ0v) is 8.21. The van der Waals surface area contributed by atoms with Crippen LogP contribution in [0.25, 0.3) is 0 Å². The highest BCUT2D eigenvalue weighted by atomic mass is 19.1. The third-order valence-corrected chi connectivity index (χ3v) is 1.94. The first-order valence-corrected chi connectivity index (χ1v) is 4.24. The van der Waals surface area contributed by atoms with Gasteiger partial charge in [0.15, 0.2) is 11.6 Å². The van der Waals surface area contributed by atoms with Crippen LogP contribution >= 0.6 is 0 Å². The van der Waals surface area contributed by atoms with E-state index in [0.717, 1.165) is 5.56 Å². The number of benzene rings is 1. The molecule has 0 aromatic heterocycles. The molecule has 0 aliphatic carbocycles. The highest BCUT2D eigenvalue weighted by Gasteiger charge is 2.10. The molecule has 0 amide bonds. The van der Waals surface area contributed by atoms with Crippen LogP contribution in [0.2, 0.25) is 0 Å². The summed E-state index contributed by atoms with van der Waals surface area (Å²) in [5, 5.41) is 8.78. The molecule has 0 aliphatic rings. The lowest BCUT2D eigenvalue weighted by molar-refractivity contribution is 0.296. The Balaban J connectivity index is 3.11. The molecule has 0 saturated carbocycles. The number of hydrogen-bond donors (Lipinski definition) is 1. The Hall–Kier alpha value is -1.29. The molecule has 3 nitrogen and oxygen atoms in total. The number of hydrogen-bond acceptors (Lipinski definition) is 3. The first kappa shape index (κ1) is 10.8. The molecule has 0 aliphatic heterocycles. The maximum Gasteiger partial charge on any atom is 0.168 e. The van der Waals surface area contributed by atoms with Gasteiger partial charge in [0, 0.05) is 18.2 Å². The van der Waals surface area contributed by atoms with Crippen LogP contribution in [0, 0.1) is 5.82 Å². The topological polar surface area (TPSA) is 38.7 Å². The Bertz CT molecular complexity index is 312. The van der Waals surface area contributed by atoms with Crippen LogP contribution in [0.3, 0.4) is 0 Å². The number of methoxy groups -OCH3 is 2. The molecule has 1 aromatic carbocycles. The van der Waals surface area contributed by atoms with E-state index < -0.39 is 5.82 Å². The maximum absolute atomic E-state index is 13.2. The summed E-state index contributed by atoms with van der Waals surface area (Å²) in [5.41, 5.74) is 0.730. The fourth-order valence-corrected chi connectivity index (χ4v) is 1.24. The van der Waals surface area contributed by atoms with Gasteiger partial charge in [-0.1, -0.05) is 0 Å². The minimum absolute atomic E-state index is 0.00878. The van der Waals surface area contributed by atoms with Crippen LogP contribution < -0.4 is 9.47 Å². The highest BCUT2D eigenvalue weighted by molar-refractivity contribution is 5.41. The zero-order valence-electron chi connectivity index (χ0n) is 8.21. The Morgan fingerprint density at radius 3 is 2.36 bits per heavy atom. The first-order chi connectivity index (χ1) is 6.72. The molecule has 0 heterocycles. The minimum Gasteiger partial charge on any atom is -0.496 e. The molecule has 4 heteroatoms. The van der Waals surface area contributed by atoms with Crippen LogP contribution in [-0.2, 0) is 6.42 Å². The third kappa shape index (κ3) is 2.14. The molecule has 0 radical (unpaired) electrons. The fraction of sp³-hybridized carbons (Fsp3) is 0.400. The lowest BCUT2D eigenvalue weighted by Crippen LogP contribution is -1.98. The smallest absolute Gasteiger partial charge is 0.168 e. The van der Waals surface area contributed by atoms with Crippen molar-refractivity contribution in [2.45, 2.75) is 6.42 Å². The van der Waals surface area contributed by atoms with Gasteiger partial charge < -0.3 is 14.6 Å². The molecular weight excluding hydrogens is 187 g/mol. The van der Waals surface area contributed by atoms with Gasteiger partial charge >= 0.3 is 0 Å². The van der Waals surface area contributed by atoms with Crippen molar-refractivity contribution in [2.24, 2.45) is 0 Å². The molecular formula is C10H13FO3. The van der Waals surface area contributed by atoms with Gasteiger partial charge in [-0.05, 0) is 12.5 Å². The van der Waals surface area contributed by atoms with Crippen molar-refractivity contribution >= 4 is 0 Å². The number of aliphatic hydroxyl groups is 1. The zero-order chi connectivity index (χ0) is 10.6. The lowest BCUT2D eigenvalue weighted by Gasteiger charge is -2.10. The van der Waals surface area contributed by atoms with Crippen LogP contribution in [0.15, 0.2) is 12.1 Å². The van der Waals surface area contributed by atoms with Crippen molar-refractivity contribution in [3.05, 3.63) is 23.5 Å². The van der Waals surface area contributed by atoms with E-state index in [-0.39, 0.29) is 12.4 Å². The molecule has 1 N–H and O–H groups in total. The van der Waals surface area contributed by atoms with Gasteiger partial charge in [0.05, 0.1) is 14.2 Å². The molecule has 78 valence electrons. The maximum atomic E-state index is 13.2. The quantitative estimate of drug-likeness (QED) is 0.798. The van der Waals surface area contributed by atoms with Crippen molar-refractivity contribution in [3.63, 3.8) is 0 Å². The van der Waals surface area contributed by atoms with Crippen molar-refractivity contribution < 1.29 is 19.0 Å². The summed E-state index contributed by atoms with van der Waals surface area (Å²) in [5.74, 6) is 0.123. The molecule has 0 atom stereocenters. The average Bonchev–Trinajstić information content (AvgIpc) is 2.20. The summed E-state index contributed by atoms with van der Waals surface area (Å²) in [7, 11) is 2.86. The number of halogens is 1. The van der Waals surface area contributed by atoms with E-state index in [1.807, 2.05) is 0 Å². The van der Waals surface area contributed by atoms with Crippen molar-refractivity contribution in [3.8, 4) is 11.5 Å². The number of ether oxygens (including phenoxy) is 2. The second-order valence-electron chi connectivity index (χ2n) is 2.77. The summed E-state index contributed by atoms with van der Waals surface area (Å²) < 4.78 is 23.0. The fourth-order valence-electron chi connectivity index (χ4n) is 1.24. The molecule has 0 bridgehead atoms. The lowest BCUT2D eigenvalue weighted by atomic mass is 10.1. The number of rotatable bonds is 4. The normalized spacial score (nSPS) is 10.0. The van der Waals surface area contributed by atoms with Gasteiger partial charge in [0.2, 0.25) is 0 Å². The van der Waals surface area contributed by atoms with Gasteiger partial charge in [-0.15, -0.1) is 0 Å². The third-order valence-electron chi connectivity index (χ3n) is 1.94. The predicted octanol–water partition coefficient (Wildman–Crippen LogP) is 1.38. The Labute approximate surface area is 82.1 Å². The van der Waals surface area contributed by atoms with Gasteiger partial charge in [0.25, 0.3) is 0 Å². The second kappa shape index (κ2) is 4.81. The Morgan fingerprint density at radius 2 is 1.86 bits per heavy atom. The Morgan fingerprint density at radius 1 is 1.21 bits per heavy atom. The van der Waals surface area contributed by atoms with Gasteiger partial charge in [-0.25, -0.2) is 4.39 Å². The van der Waals surface area contributed by atoms with E-state index in [2.05, 4.69) is 0 Å². The molecule has 1 rings (SSSR count). The summed E-state index contributed by atoms with van der Waals surface area (Å²) in [6.45, 7) is -0.00878. The highest BCUT2D eigenvalue weighted by Crippen LogP contribution is 2.27. The predicted molar refractivity (Wildman–Crippen MR) is 50.3 cm³/mol. The largest absolute Gasteiger partial charge is 0.496 e. The monoisotopic (exact) mass is 200 g/mol. The van der Waals surface area contributed by atoms with Gasteiger partial charge in [0.1, 0.15) is 5.75 Å². The summed E-state index contributed by atoms with van der Waals surface area (Å²) >= 11 is 0. The van der Waals surface area contributed by atoms with Gasteiger partial charge in [-0.3, -0.25) is 0 Å². The van der Waals surface area contributed by atoms with Crippen molar-refractivity contribution in [1.29, 1.82) is 0 Å².